The normalized spacial score (nSPS) is 17.8. The van der Waals surface area contributed by atoms with E-state index in [0.29, 0.717) is 12.0 Å². The van der Waals surface area contributed by atoms with Crippen LogP contribution in [0.25, 0.3) is 0 Å². The van der Waals surface area contributed by atoms with Crippen molar-refractivity contribution in [1.29, 1.82) is 0 Å². The molecule has 1 aromatic heterocycles. The van der Waals surface area contributed by atoms with Gasteiger partial charge in [0.2, 0.25) is 0 Å². The minimum Gasteiger partial charge on any atom is -0.316 e. The average Bonchev–Trinajstić information content (AvgIpc) is 3.10. The second-order valence-corrected chi connectivity index (χ2v) is 5.03. The minimum absolute atomic E-state index is 0.482. The standard InChI is InChI=1S/C13H21N3/c1-9(2)12-6-11(15-8-16-12)7-13(14-3)10-4-5-10/h6,8-10,13-14H,4-5,7H2,1-3H3. The summed E-state index contributed by atoms with van der Waals surface area (Å²) >= 11 is 0. The Morgan fingerprint density at radius 2 is 2.12 bits per heavy atom. The van der Waals surface area contributed by atoms with Crippen molar-refractivity contribution in [1.82, 2.24) is 15.3 Å². The van der Waals surface area contributed by atoms with Gasteiger partial charge in [-0.3, -0.25) is 0 Å². The van der Waals surface area contributed by atoms with E-state index >= 15 is 0 Å². The molecule has 2 rings (SSSR count). The molecule has 1 aliphatic rings. The van der Waals surface area contributed by atoms with Crippen LogP contribution >= 0.6 is 0 Å². The lowest BCUT2D eigenvalue weighted by atomic mass is 10.0. The second-order valence-electron chi connectivity index (χ2n) is 5.03. The number of nitrogens with one attached hydrogen (secondary N) is 1. The zero-order valence-electron chi connectivity index (χ0n) is 10.4. The molecule has 0 saturated heterocycles. The lowest BCUT2D eigenvalue weighted by Crippen LogP contribution is -2.30. The maximum atomic E-state index is 4.37. The molecule has 0 bridgehead atoms. The van der Waals surface area contributed by atoms with Gasteiger partial charge in [0.25, 0.3) is 0 Å². The van der Waals surface area contributed by atoms with E-state index in [2.05, 4.69) is 35.2 Å². The Labute approximate surface area is 97.7 Å². The molecule has 88 valence electrons. The van der Waals surface area contributed by atoms with E-state index in [0.717, 1.165) is 18.0 Å². The predicted molar refractivity (Wildman–Crippen MR) is 65.4 cm³/mol. The van der Waals surface area contributed by atoms with Gasteiger partial charge < -0.3 is 5.32 Å². The van der Waals surface area contributed by atoms with E-state index in [1.165, 1.54) is 18.5 Å². The largest absolute Gasteiger partial charge is 0.316 e. The first kappa shape index (κ1) is 11.5. The number of hydrogen-bond donors (Lipinski definition) is 1. The van der Waals surface area contributed by atoms with Crippen LogP contribution in [0.5, 0.6) is 0 Å². The summed E-state index contributed by atoms with van der Waals surface area (Å²) in [6, 6.07) is 2.74. The number of likely N-dealkylation sites (N-methyl/N-ethyl adjacent to an activating group) is 1. The van der Waals surface area contributed by atoms with Crippen molar-refractivity contribution in [2.24, 2.45) is 5.92 Å². The van der Waals surface area contributed by atoms with E-state index in [1.807, 2.05) is 7.05 Å². The Bertz CT molecular complexity index is 345. The highest BCUT2D eigenvalue weighted by atomic mass is 14.9. The highest BCUT2D eigenvalue weighted by Gasteiger charge is 2.30. The summed E-state index contributed by atoms with van der Waals surface area (Å²) in [4.78, 5) is 8.67. The first-order chi connectivity index (χ1) is 7.70. The Kier molecular flexibility index (Phi) is 3.54. The van der Waals surface area contributed by atoms with Gasteiger partial charge in [0, 0.05) is 23.9 Å². The maximum Gasteiger partial charge on any atom is 0.115 e. The fourth-order valence-electron chi connectivity index (χ4n) is 2.07. The molecule has 0 radical (unpaired) electrons. The third kappa shape index (κ3) is 2.79. The molecule has 1 N–H and O–H groups in total. The molecule has 3 nitrogen and oxygen atoms in total. The summed E-state index contributed by atoms with van der Waals surface area (Å²) < 4.78 is 0. The fourth-order valence-corrected chi connectivity index (χ4v) is 2.07. The molecule has 1 heterocycles. The van der Waals surface area contributed by atoms with Crippen molar-refractivity contribution >= 4 is 0 Å². The van der Waals surface area contributed by atoms with Gasteiger partial charge in [0.1, 0.15) is 6.33 Å². The topological polar surface area (TPSA) is 37.8 Å². The van der Waals surface area contributed by atoms with E-state index < -0.39 is 0 Å². The number of hydrogen-bond acceptors (Lipinski definition) is 3. The molecule has 1 aromatic rings. The summed E-state index contributed by atoms with van der Waals surface area (Å²) in [6.45, 7) is 4.34. The van der Waals surface area contributed by atoms with Crippen molar-refractivity contribution in [3.8, 4) is 0 Å². The van der Waals surface area contributed by atoms with Crippen molar-refractivity contribution in [3.05, 3.63) is 23.8 Å². The van der Waals surface area contributed by atoms with Crippen LogP contribution in [0.2, 0.25) is 0 Å². The lowest BCUT2D eigenvalue weighted by molar-refractivity contribution is 0.494. The summed E-state index contributed by atoms with van der Waals surface area (Å²) in [6.07, 6.45) is 5.47. The van der Waals surface area contributed by atoms with Gasteiger partial charge in [0.15, 0.2) is 0 Å². The summed E-state index contributed by atoms with van der Waals surface area (Å²) in [5.74, 6) is 1.35. The SMILES string of the molecule is CNC(Cc1cc(C(C)C)ncn1)C1CC1. The molecule has 16 heavy (non-hydrogen) atoms. The number of rotatable bonds is 5. The molecule has 0 amide bonds. The van der Waals surface area contributed by atoms with Crippen molar-refractivity contribution in [2.75, 3.05) is 7.05 Å². The third-order valence-corrected chi connectivity index (χ3v) is 3.33. The monoisotopic (exact) mass is 219 g/mol. The van der Waals surface area contributed by atoms with Gasteiger partial charge in [-0.05, 0) is 37.8 Å². The van der Waals surface area contributed by atoms with E-state index in [-0.39, 0.29) is 0 Å². The van der Waals surface area contributed by atoms with Crippen molar-refractivity contribution in [3.63, 3.8) is 0 Å². The van der Waals surface area contributed by atoms with Crippen LogP contribution < -0.4 is 5.32 Å². The Hall–Kier alpha value is -0.960. The zero-order valence-corrected chi connectivity index (χ0v) is 10.4. The minimum atomic E-state index is 0.482. The Morgan fingerprint density at radius 1 is 1.38 bits per heavy atom. The van der Waals surface area contributed by atoms with Crippen LogP contribution in [0.1, 0.15) is 44.0 Å². The molecule has 1 unspecified atom stereocenters. The highest BCUT2D eigenvalue weighted by Crippen LogP contribution is 2.33. The van der Waals surface area contributed by atoms with Gasteiger partial charge >= 0.3 is 0 Å². The summed E-state index contributed by atoms with van der Waals surface area (Å²) in [5.41, 5.74) is 2.32. The molecule has 1 atom stereocenters. The quantitative estimate of drug-likeness (QED) is 0.824. The third-order valence-electron chi connectivity index (χ3n) is 3.33. The second kappa shape index (κ2) is 4.91. The van der Waals surface area contributed by atoms with Crippen LogP contribution in [-0.4, -0.2) is 23.1 Å². The fraction of sp³-hybridized carbons (Fsp3) is 0.692. The van der Waals surface area contributed by atoms with Crippen LogP contribution in [0.15, 0.2) is 12.4 Å². The van der Waals surface area contributed by atoms with Crippen molar-refractivity contribution in [2.45, 2.75) is 45.1 Å². The van der Waals surface area contributed by atoms with Crippen LogP contribution in [0.4, 0.5) is 0 Å². The maximum absolute atomic E-state index is 4.37. The number of aromatic nitrogens is 2. The van der Waals surface area contributed by atoms with E-state index in [4.69, 9.17) is 0 Å². The van der Waals surface area contributed by atoms with Gasteiger partial charge in [-0.25, -0.2) is 9.97 Å². The highest BCUT2D eigenvalue weighted by molar-refractivity contribution is 5.13. The van der Waals surface area contributed by atoms with E-state index in [1.54, 1.807) is 6.33 Å². The Balaban J connectivity index is 2.05. The van der Waals surface area contributed by atoms with Crippen LogP contribution in [-0.2, 0) is 6.42 Å². The average molecular weight is 219 g/mol. The molecule has 1 saturated carbocycles. The molecule has 3 heteroatoms. The molecular weight excluding hydrogens is 198 g/mol. The first-order valence-corrected chi connectivity index (χ1v) is 6.18. The van der Waals surface area contributed by atoms with Gasteiger partial charge in [-0.2, -0.15) is 0 Å². The zero-order chi connectivity index (χ0) is 11.5. The van der Waals surface area contributed by atoms with Crippen LogP contribution in [0, 0.1) is 5.92 Å². The smallest absolute Gasteiger partial charge is 0.115 e. The molecule has 1 fully saturated rings. The predicted octanol–water partition coefficient (Wildman–Crippen LogP) is 2.14. The molecule has 0 spiro atoms. The molecular formula is C13H21N3. The summed E-state index contributed by atoms with van der Waals surface area (Å²) in [5, 5.41) is 3.40. The molecule has 1 aliphatic carbocycles. The van der Waals surface area contributed by atoms with Crippen molar-refractivity contribution < 1.29 is 0 Å². The van der Waals surface area contributed by atoms with Gasteiger partial charge in [-0.1, -0.05) is 13.8 Å². The molecule has 0 aromatic carbocycles. The number of nitrogens with zero attached hydrogens (tertiary/aromatic N) is 2. The Morgan fingerprint density at radius 3 is 2.69 bits per heavy atom. The summed E-state index contributed by atoms with van der Waals surface area (Å²) in [7, 11) is 2.05. The lowest BCUT2D eigenvalue weighted by Gasteiger charge is -2.15. The first-order valence-electron chi connectivity index (χ1n) is 6.18. The molecule has 0 aliphatic heterocycles. The van der Waals surface area contributed by atoms with E-state index in [9.17, 15) is 0 Å². The van der Waals surface area contributed by atoms with Gasteiger partial charge in [0.05, 0.1) is 0 Å². The van der Waals surface area contributed by atoms with Gasteiger partial charge in [-0.15, -0.1) is 0 Å². The van der Waals surface area contributed by atoms with Crippen LogP contribution in [0.3, 0.4) is 0 Å².